The highest BCUT2D eigenvalue weighted by molar-refractivity contribution is 7.80. The zero-order valence-corrected chi connectivity index (χ0v) is 9.09. The van der Waals surface area contributed by atoms with Crippen molar-refractivity contribution in [3.8, 4) is 0 Å². The van der Waals surface area contributed by atoms with Crippen molar-refractivity contribution in [3.05, 3.63) is 0 Å². The summed E-state index contributed by atoms with van der Waals surface area (Å²) < 4.78 is 4.97. The van der Waals surface area contributed by atoms with E-state index in [-0.39, 0.29) is 17.3 Å². The lowest BCUT2D eigenvalue weighted by atomic mass is 9.97. The van der Waals surface area contributed by atoms with Crippen LogP contribution >= 0.6 is 12.6 Å². The van der Waals surface area contributed by atoms with E-state index >= 15 is 0 Å². The molecule has 0 amide bonds. The number of likely N-dealkylation sites (tertiary alicyclic amines) is 1. The molecule has 0 N–H and O–H groups in total. The summed E-state index contributed by atoms with van der Waals surface area (Å²) in [6, 6.07) is 0. The molecule has 0 aromatic carbocycles. The number of hydrogen-bond acceptors (Lipinski definition) is 4. The second kappa shape index (κ2) is 4.86. The Balaban J connectivity index is 2.40. The molecule has 1 aliphatic heterocycles. The van der Waals surface area contributed by atoms with Crippen LogP contribution in [0.2, 0.25) is 0 Å². The zero-order chi connectivity index (χ0) is 9.84. The van der Waals surface area contributed by atoms with Crippen molar-refractivity contribution in [1.82, 2.24) is 4.90 Å². The molecule has 0 saturated carbocycles. The first-order valence-corrected chi connectivity index (χ1v) is 5.21. The van der Waals surface area contributed by atoms with Crippen molar-refractivity contribution in [3.63, 3.8) is 0 Å². The molecule has 1 aliphatic rings. The van der Waals surface area contributed by atoms with Gasteiger partial charge in [-0.3, -0.25) is 9.69 Å². The second-order valence-electron chi connectivity index (χ2n) is 3.43. The van der Waals surface area contributed by atoms with Gasteiger partial charge in [-0.1, -0.05) is 0 Å². The molecule has 0 aliphatic carbocycles. The number of nitrogens with zero attached hydrogens (tertiary/aromatic N) is 1. The molecule has 1 heterocycles. The number of rotatable bonds is 2. The van der Waals surface area contributed by atoms with Crippen molar-refractivity contribution in [1.29, 1.82) is 0 Å². The molecule has 0 bridgehead atoms. The molecule has 0 radical (unpaired) electrons. The molecule has 1 saturated heterocycles. The molecular weight excluding hydrogens is 186 g/mol. The van der Waals surface area contributed by atoms with Crippen LogP contribution < -0.4 is 0 Å². The summed E-state index contributed by atoms with van der Waals surface area (Å²) in [6.45, 7) is 3.24. The maximum absolute atomic E-state index is 11.4. The molecule has 0 aromatic rings. The van der Waals surface area contributed by atoms with Crippen LogP contribution in [0.1, 0.15) is 19.8 Å². The Hall–Kier alpha value is -0.220. The lowest BCUT2D eigenvalue weighted by molar-refractivity contribution is -0.149. The Labute approximate surface area is 84.8 Å². The van der Waals surface area contributed by atoms with Gasteiger partial charge in [0.15, 0.2) is 0 Å². The van der Waals surface area contributed by atoms with Gasteiger partial charge in [0.1, 0.15) is 0 Å². The Kier molecular flexibility index (Phi) is 4.06. The van der Waals surface area contributed by atoms with Crippen molar-refractivity contribution < 1.29 is 9.53 Å². The van der Waals surface area contributed by atoms with Crippen LogP contribution in [-0.2, 0) is 9.53 Å². The predicted molar refractivity (Wildman–Crippen MR) is 54.8 cm³/mol. The number of piperidine rings is 1. The number of hydrogen-bond donors (Lipinski definition) is 1. The fourth-order valence-electron chi connectivity index (χ4n) is 1.53. The third-order valence-corrected chi connectivity index (χ3v) is 3.06. The smallest absolute Gasteiger partial charge is 0.309 e. The summed E-state index contributed by atoms with van der Waals surface area (Å²) >= 11 is 4.40. The minimum Gasteiger partial charge on any atom is -0.466 e. The summed E-state index contributed by atoms with van der Waals surface area (Å²) in [5, 5.41) is 0.197. The maximum atomic E-state index is 11.4. The minimum absolute atomic E-state index is 0.0543. The molecule has 76 valence electrons. The summed E-state index contributed by atoms with van der Waals surface area (Å²) in [5.41, 5.74) is 0. The standard InChI is InChI=1S/C9H17NO2S/c1-3-12-9(11)7-4-5-10(2)8(13)6-7/h7-8,13H,3-6H2,1-2H3. The van der Waals surface area contributed by atoms with Gasteiger partial charge in [0.25, 0.3) is 0 Å². The normalized spacial score (nSPS) is 30.1. The topological polar surface area (TPSA) is 29.5 Å². The van der Waals surface area contributed by atoms with Crippen molar-refractivity contribution in [2.75, 3.05) is 20.2 Å². The van der Waals surface area contributed by atoms with E-state index in [2.05, 4.69) is 17.5 Å². The summed E-state index contributed by atoms with van der Waals surface area (Å²) in [7, 11) is 2.03. The molecule has 4 heteroatoms. The van der Waals surface area contributed by atoms with Crippen molar-refractivity contribution >= 4 is 18.6 Å². The van der Waals surface area contributed by atoms with E-state index < -0.39 is 0 Å². The predicted octanol–water partition coefficient (Wildman–Crippen LogP) is 1.15. The van der Waals surface area contributed by atoms with Crippen LogP contribution in [0.15, 0.2) is 0 Å². The highest BCUT2D eigenvalue weighted by Gasteiger charge is 2.29. The van der Waals surface area contributed by atoms with Crippen LogP contribution in [0.5, 0.6) is 0 Å². The van der Waals surface area contributed by atoms with Gasteiger partial charge in [-0.05, 0) is 33.4 Å². The Morgan fingerprint density at radius 1 is 1.69 bits per heavy atom. The fraction of sp³-hybridized carbons (Fsp3) is 0.889. The van der Waals surface area contributed by atoms with E-state index in [9.17, 15) is 4.79 Å². The average Bonchev–Trinajstić information content (AvgIpc) is 2.10. The van der Waals surface area contributed by atoms with Gasteiger partial charge >= 0.3 is 5.97 Å². The maximum Gasteiger partial charge on any atom is 0.309 e. The largest absolute Gasteiger partial charge is 0.466 e. The van der Waals surface area contributed by atoms with E-state index in [4.69, 9.17) is 4.74 Å². The highest BCUT2D eigenvalue weighted by atomic mass is 32.1. The lowest BCUT2D eigenvalue weighted by Gasteiger charge is -2.32. The van der Waals surface area contributed by atoms with Crippen LogP contribution in [0.4, 0.5) is 0 Å². The first kappa shape index (κ1) is 10.9. The number of esters is 1. The van der Waals surface area contributed by atoms with E-state index in [1.165, 1.54) is 0 Å². The summed E-state index contributed by atoms with van der Waals surface area (Å²) in [4.78, 5) is 13.5. The first-order valence-electron chi connectivity index (χ1n) is 4.70. The number of thiol groups is 1. The lowest BCUT2D eigenvalue weighted by Crippen LogP contribution is -2.39. The molecule has 2 atom stereocenters. The fourth-order valence-corrected chi connectivity index (χ4v) is 1.90. The third-order valence-electron chi connectivity index (χ3n) is 2.45. The van der Waals surface area contributed by atoms with Crippen LogP contribution in [0, 0.1) is 5.92 Å². The van der Waals surface area contributed by atoms with Gasteiger partial charge in [0.2, 0.25) is 0 Å². The number of ether oxygens (including phenoxy) is 1. The third kappa shape index (κ3) is 2.88. The molecule has 13 heavy (non-hydrogen) atoms. The Bertz CT molecular complexity index is 186. The van der Waals surface area contributed by atoms with E-state index in [0.29, 0.717) is 6.61 Å². The van der Waals surface area contributed by atoms with Crippen LogP contribution in [-0.4, -0.2) is 36.4 Å². The van der Waals surface area contributed by atoms with Gasteiger partial charge in [-0.25, -0.2) is 0 Å². The summed E-state index contributed by atoms with van der Waals surface area (Å²) in [6.07, 6.45) is 1.70. The zero-order valence-electron chi connectivity index (χ0n) is 8.19. The van der Waals surface area contributed by atoms with E-state index in [0.717, 1.165) is 19.4 Å². The Morgan fingerprint density at radius 2 is 2.38 bits per heavy atom. The van der Waals surface area contributed by atoms with Gasteiger partial charge < -0.3 is 4.74 Å². The monoisotopic (exact) mass is 203 g/mol. The van der Waals surface area contributed by atoms with Crippen molar-refractivity contribution in [2.24, 2.45) is 5.92 Å². The molecule has 2 unspecified atom stereocenters. The molecule has 0 spiro atoms. The highest BCUT2D eigenvalue weighted by Crippen LogP contribution is 2.24. The number of carbonyl (C=O) groups is 1. The SMILES string of the molecule is CCOC(=O)C1CCN(C)C(S)C1. The molecule has 1 fully saturated rings. The van der Waals surface area contributed by atoms with Gasteiger partial charge in [-0.15, -0.1) is 0 Å². The first-order chi connectivity index (χ1) is 6.15. The van der Waals surface area contributed by atoms with Crippen molar-refractivity contribution in [2.45, 2.75) is 25.1 Å². The Morgan fingerprint density at radius 3 is 2.92 bits per heavy atom. The van der Waals surface area contributed by atoms with Crippen LogP contribution in [0.3, 0.4) is 0 Å². The average molecular weight is 203 g/mol. The van der Waals surface area contributed by atoms with E-state index in [1.54, 1.807) is 0 Å². The van der Waals surface area contributed by atoms with Gasteiger partial charge in [0.05, 0.1) is 17.9 Å². The molecule has 0 aromatic heterocycles. The molecular formula is C9H17NO2S. The molecule has 3 nitrogen and oxygen atoms in total. The van der Waals surface area contributed by atoms with Gasteiger partial charge in [-0.2, -0.15) is 12.6 Å². The van der Waals surface area contributed by atoms with Gasteiger partial charge in [0, 0.05) is 0 Å². The van der Waals surface area contributed by atoms with E-state index in [1.807, 2.05) is 14.0 Å². The minimum atomic E-state index is -0.0605. The van der Waals surface area contributed by atoms with Crippen LogP contribution in [0.25, 0.3) is 0 Å². The number of carbonyl (C=O) groups excluding carboxylic acids is 1. The second-order valence-corrected chi connectivity index (χ2v) is 4.03. The summed E-state index contributed by atoms with van der Waals surface area (Å²) in [5.74, 6) is -0.00620. The quantitative estimate of drug-likeness (QED) is 0.539. The molecule has 1 rings (SSSR count).